The third-order valence-electron chi connectivity index (χ3n) is 3.14. The number of rotatable bonds is 4. The molecule has 0 bridgehead atoms. The lowest BCUT2D eigenvalue weighted by Crippen LogP contribution is -2.16. The van der Waals surface area contributed by atoms with Gasteiger partial charge in [-0.2, -0.15) is 0 Å². The van der Waals surface area contributed by atoms with Gasteiger partial charge in [-0.05, 0) is 22.5 Å². The fourth-order valence-electron chi connectivity index (χ4n) is 1.44. The van der Waals surface area contributed by atoms with Gasteiger partial charge in [0.05, 0.1) is 5.03 Å². The van der Waals surface area contributed by atoms with Crippen LogP contribution in [0, 0.1) is 5.41 Å². The number of hydrogen-bond donors (Lipinski definition) is 0. The Labute approximate surface area is 110 Å². The normalized spacial score (nSPS) is 12.8. The quantitative estimate of drug-likeness (QED) is 0.705. The molecule has 96 valence electrons. The second-order valence-corrected chi connectivity index (χ2v) is 7.38. The summed E-state index contributed by atoms with van der Waals surface area (Å²) in [7, 11) is 0. The first kappa shape index (κ1) is 14.6. The van der Waals surface area contributed by atoms with Crippen molar-refractivity contribution in [3.8, 4) is 0 Å². The second-order valence-electron chi connectivity index (χ2n) is 6.41. The predicted molar refractivity (Wildman–Crippen MR) is 77.7 cm³/mol. The fraction of sp³-hybridized carbons (Fsp3) is 0.667. The summed E-state index contributed by atoms with van der Waals surface area (Å²) in [6.45, 7) is 13.6. The molecule has 2 heteroatoms. The first-order valence-electron chi connectivity index (χ1n) is 6.34. The highest BCUT2D eigenvalue weighted by Crippen LogP contribution is 2.34. The van der Waals surface area contributed by atoms with Gasteiger partial charge in [0.1, 0.15) is 0 Å². The van der Waals surface area contributed by atoms with Crippen LogP contribution in [0.15, 0.2) is 23.4 Å². The first-order chi connectivity index (χ1) is 7.76. The minimum absolute atomic E-state index is 0.174. The fourth-order valence-corrected chi connectivity index (χ4v) is 2.84. The number of thioether (sulfide) groups is 1. The van der Waals surface area contributed by atoms with E-state index >= 15 is 0 Å². The van der Waals surface area contributed by atoms with Crippen molar-refractivity contribution in [3.63, 3.8) is 0 Å². The zero-order valence-electron chi connectivity index (χ0n) is 12.0. The van der Waals surface area contributed by atoms with E-state index in [0.717, 1.165) is 5.75 Å². The number of pyridine rings is 1. The lowest BCUT2D eigenvalue weighted by Gasteiger charge is -2.25. The highest BCUT2D eigenvalue weighted by molar-refractivity contribution is 7.99. The molecule has 0 aliphatic carbocycles. The summed E-state index contributed by atoms with van der Waals surface area (Å²) in [5, 5.41) is 1.20. The Kier molecular flexibility index (Phi) is 4.65. The van der Waals surface area contributed by atoms with Crippen molar-refractivity contribution in [2.45, 2.75) is 58.4 Å². The highest BCUT2D eigenvalue weighted by Gasteiger charge is 2.21. The number of aromatic nitrogens is 1. The summed E-state index contributed by atoms with van der Waals surface area (Å²) < 4.78 is 0. The molecule has 1 aromatic heterocycles. The van der Waals surface area contributed by atoms with Crippen LogP contribution in [0.5, 0.6) is 0 Å². The van der Waals surface area contributed by atoms with E-state index in [9.17, 15) is 0 Å². The van der Waals surface area contributed by atoms with Crippen molar-refractivity contribution in [1.82, 2.24) is 4.98 Å². The molecule has 0 fully saturated rings. The van der Waals surface area contributed by atoms with Gasteiger partial charge in [0.25, 0.3) is 0 Å². The van der Waals surface area contributed by atoms with Gasteiger partial charge in [-0.25, -0.2) is 4.98 Å². The second kappa shape index (κ2) is 5.43. The van der Waals surface area contributed by atoms with Gasteiger partial charge in [0, 0.05) is 11.9 Å². The molecule has 1 aromatic rings. The van der Waals surface area contributed by atoms with E-state index in [0.29, 0.717) is 5.41 Å². The van der Waals surface area contributed by atoms with Crippen molar-refractivity contribution in [3.05, 3.63) is 23.9 Å². The molecule has 0 unspecified atom stereocenters. The first-order valence-corrected chi connectivity index (χ1v) is 7.33. The van der Waals surface area contributed by atoms with Crippen LogP contribution >= 0.6 is 11.8 Å². The molecule has 0 atom stereocenters. The van der Waals surface area contributed by atoms with Gasteiger partial charge in [0.15, 0.2) is 0 Å². The van der Waals surface area contributed by atoms with Crippen LogP contribution in [-0.4, -0.2) is 10.7 Å². The van der Waals surface area contributed by atoms with Gasteiger partial charge in [0.2, 0.25) is 0 Å². The minimum atomic E-state index is 0.174. The van der Waals surface area contributed by atoms with E-state index in [1.54, 1.807) is 0 Å². The standard InChI is InChI=1S/C15H25NS/c1-7-15(5,6)11-17-13-12(14(2,3)4)9-8-10-16-13/h8-10H,7,11H2,1-6H3. The van der Waals surface area contributed by atoms with Crippen molar-refractivity contribution in [2.24, 2.45) is 5.41 Å². The Morgan fingerprint density at radius 3 is 2.35 bits per heavy atom. The Morgan fingerprint density at radius 1 is 1.18 bits per heavy atom. The van der Waals surface area contributed by atoms with E-state index in [1.165, 1.54) is 17.0 Å². The van der Waals surface area contributed by atoms with E-state index in [4.69, 9.17) is 0 Å². The molecule has 17 heavy (non-hydrogen) atoms. The smallest absolute Gasteiger partial charge is 0.0997 e. The van der Waals surface area contributed by atoms with Crippen LogP contribution in [0.2, 0.25) is 0 Å². The van der Waals surface area contributed by atoms with Crippen LogP contribution in [0.25, 0.3) is 0 Å². The molecule has 0 saturated carbocycles. The van der Waals surface area contributed by atoms with Gasteiger partial charge in [-0.3, -0.25) is 0 Å². The Bertz CT molecular complexity index is 363. The summed E-state index contributed by atoms with van der Waals surface area (Å²) in [5.41, 5.74) is 1.92. The third kappa shape index (κ3) is 4.34. The monoisotopic (exact) mass is 251 g/mol. The Hall–Kier alpha value is -0.500. The molecule has 0 amide bonds. The summed E-state index contributed by atoms with van der Waals surface area (Å²) in [5.74, 6) is 1.13. The van der Waals surface area contributed by atoms with Gasteiger partial charge in [-0.1, -0.05) is 54.0 Å². The largest absolute Gasteiger partial charge is 0.250 e. The average molecular weight is 251 g/mol. The number of nitrogens with zero attached hydrogens (tertiary/aromatic N) is 1. The average Bonchev–Trinajstić information content (AvgIpc) is 2.26. The van der Waals surface area contributed by atoms with Gasteiger partial charge < -0.3 is 0 Å². The van der Waals surface area contributed by atoms with Crippen molar-refractivity contribution >= 4 is 11.8 Å². The van der Waals surface area contributed by atoms with Crippen LogP contribution in [-0.2, 0) is 5.41 Å². The van der Waals surface area contributed by atoms with Crippen LogP contribution < -0.4 is 0 Å². The maximum Gasteiger partial charge on any atom is 0.0997 e. The van der Waals surface area contributed by atoms with Gasteiger partial charge in [-0.15, -0.1) is 11.8 Å². The Morgan fingerprint density at radius 2 is 1.82 bits per heavy atom. The molecule has 0 radical (unpaired) electrons. The zero-order chi connectivity index (χ0) is 13.1. The summed E-state index contributed by atoms with van der Waals surface area (Å²) in [6.07, 6.45) is 3.11. The maximum absolute atomic E-state index is 4.55. The summed E-state index contributed by atoms with van der Waals surface area (Å²) in [6, 6.07) is 4.24. The lowest BCUT2D eigenvalue weighted by atomic mass is 9.88. The molecular formula is C15H25NS. The molecule has 0 aliphatic heterocycles. The van der Waals surface area contributed by atoms with E-state index in [1.807, 2.05) is 24.0 Å². The third-order valence-corrected chi connectivity index (χ3v) is 4.66. The van der Waals surface area contributed by atoms with Crippen molar-refractivity contribution < 1.29 is 0 Å². The van der Waals surface area contributed by atoms with Crippen molar-refractivity contribution in [2.75, 3.05) is 5.75 Å². The lowest BCUT2D eigenvalue weighted by molar-refractivity contribution is 0.407. The Balaban J connectivity index is 2.85. The topological polar surface area (TPSA) is 12.9 Å². The molecular weight excluding hydrogens is 226 g/mol. The molecule has 0 aromatic carbocycles. The van der Waals surface area contributed by atoms with Crippen molar-refractivity contribution in [1.29, 1.82) is 0 Å². The number of hydrogen-bond acceptors (Lipinski definition) is 2. The van der Waals surface area contributed by atoms with E-state index in [-0.39, 0.29) is 5.41 Å². The SMILES string of the molecule is CCC(C)(C)CSc1ncccc1C(C)(C)C. The van der Waals surface area contributed by atoms with Crippen LogP contribution in [0.3, 0.4) is 0 Å². The van der Waals surface area contributed by atoms with E-state index < -0.39 is 0 Å². The maximum atomic E-state index is 4.55. The molecule has 0 saturated heterocycles. The van der Waals surface area contributed by atoms with Crippen LogP contribution in [0.1, 0.15) is 53.5 Å². The summed E-state index contributed by atoms with van der Waals surface area (Å²) >= 11 is 1.89. The predicted octanol–water partition coefficient (Wildman–Crippen LogP) is 4.91. The van der Waals surface area contributed by atoms with Gasteiger partial charge >= 0.3 is 0 Å². The molecule has 1 rings (SSSR count). The minimum Gasteiger partial charge on any atom is -0.250 e. The molecule has 1 nitrogen and oxygen atoms in total. The zero-order valence-corrected chi connectivity index (χ0v) is 12.8. The summed E-state index contributed by atoms with van der Waals surface area (Å²) in [4.78, 5) is 4.55. The molecule has 0 spiro atoms. The molecule has 0 N–H and O–H groups in total. The highest BCUT2D eigenvalue weighted by atomic mass is 32.2. The van der Waals surface area contributed by atoms with Crippen LogP contribution in [0.4, 0.5) is 0 Å². The molecule has 1 heterocycles. The molecule has 0 aliphatic rings. The van der Waals surface area contributed by atoms with E-state index in [2.05, 4.69) is 52.6 Å².